The average molecular weight is 569 g/mol. The van der Waals surface area contributed by atoms with Gasteiger partial charge in [-0.3, -0.25) is 0 Å². The lowest BCUT2D eigenvalue weighted by Crippen LogP contribution is -2.09. The second-order valence-electron chi connectivity index (χ2n) is 10.8. The molecule has 0 saturated heterocycles. The molecule has 0 fully saturated rings. The number of anilines is 3. The van der Waals surface area contributed by atoms with Crippen LogP contribution in [-0.4, -0.2) is 4.98 Å². The van der Waals surface area contributed by atoms with Crippen molar-refractivity contribution in [2.45, 2.75) is 0 Å². The normalized spacial score (nSPS) is 11.7. The molecule has 3 aromatic heterocycles. The summed E-state index contributed by atoms with van der Waals surface area (Å²) in [7, 11) is 0. The number of furan rings is 1. The molecule has 3 heterocycles. The first-order valence-corrected chi connectivity index (χ1v) is 15.2. The molecule has 0 spiro atoms. The van der Waals surface area contributed by atoms with Crippen molar-refractivity contribution >= 4 is 81.5 Å². The molecule has 9 aromatic rings. The van der Waals surface area contributed by atoms with Crippen LogP contribution in [0, 0.1) is 0 Å². The van der Waals surface area contributed by atoms with Crippen molar-refractivity contribution in [1.29, 1.82) is 0 Å². The van der Waals surface area contributed by atoms with Gasteiger partial charge in [0, 0.05) is 43.3 Å². The summed E-state index contributed by atoms with van der Waals surface area (Å²) in [4.78, 5) is 7.38. The van der Waals surface area contributed by atoms with Gasteiger partial charge in [0.1, 0.15) is 11.2 Å². The minimum Gasteiger partial charge on any atom is -0.456 e. The van der Waals surface area contributed by atoms with Crippen LogP contribution < -0.4 is 4.90 Å². The smallest absolute Gasteiger partial charge is 0.135 e. The van der Waals surface area contributed by atoms with Crippen LogP contribution in [-0.2, 0) is 0 Å². The van der Waals surface area contributed by atoms with Crippen LogP contribution in [0.4, 0.5) is 17.1 Å². The van der Waals surface area contributed by atoms with Gasteiger partial charge in [0.25, 0.3) is 0 Å². The molecular formula is C39H24N2OS. The van der Waals surface area contributed by atoms with Crippen molar-refractivity contribution in [3.05, 3.63) is 146 Å². The van der Waals surface area contributed by atoms with Crippen molar-refractivity contribution in [2.75, 3.05) is 4.90 Å². The summed E-state index contributed by atoms with van der Waals surface area (Å²) in [5, 5.41) is 4.59. The van der Waals surface area contributed by atoms with Crippen molar-refractivity contribution in [2.24, 2.45) is 0 Å². The second-order valence-corrected chi connectivity index (χ2v) is 11.9. The van der Waals surface area contributed by atoms with Crippen molar-refractivity contribution in [3.63, 3.8) is 0 Å². The summed E-state index contributed by atoms with van der Waals surface area (Å²) < 4.78 is 8.59. The van der Waals surface area contributed by atoms with Crippen LogP contribution in [0.5, 0.6) is 0 Å². The average Bonchev–Trinajstić information content (AvgIpc) is 3.61. The van der Waals surface area contributed by atoms with Crippen molar-refractivity contribution in [3.8, 4) is 11.1 Å². The van der Waals surface area contributed by atoms with E-state index < -0.39 is 0 Å². The Kier molecular flexibility index (Phi) is 5.37. The molecular weight excluding hydrogens is 545 g/mol. The van der Waals surface area contributed by atoms with E-state index in [1.165, 1.54) is 31.3 Å². The highest BCUT2D eigenvalue weighted by atomic mass is 32.1. The summed E-state index contributed by atoms with van der Waals surface area (Å²) in [6, 6.07) is 51.4. The largest absolute Gasteiger partial charge is 0.456 e. The zero-order valence-electron chi connectivity index (χ0n) is 23.1. The molecule has 0 aliphatic rings. The molecule has 0 unspecified atom stereocenters. The van der Waals surface area contributed by atoms with Gasteiger partial charge in [0.2, 0.25) is 0 Å². The van der Waals surface area contributed by atoms with Gasteiger partial charge in [-0.15, -0.1) is 11.3 Å². The molecule has 0 bridgehead atoms. The Morgan fingerprint density at radius 3 is 2.09 bits per heavy atom. The predicted molar refractivity (Wildman–Crippen MR) is 182 cm³/mol. The molecule has 6 aromatic carbocycles. The molecule has 3 nitrogen and oxygen atoms in total. The van der Waals surface area contributed by atoms with E-state index in [9.17, 15) is 0 Å². The van der Waals surface area contributed by atoms with Gasteiger partial charge in [-0.05, 0) is 77.9 Å². The molecule has 9 rings (SSSR count). The third-order valence-electron chi connectivity index (χ3n) is 8.24. The van der Waals surface area contributed by atoms with Crippen LogP contribution >= 0.6 is 11.3 Å². The number of rotatable bonds is 4. The van der Waals surface area contributed by atoms with Gasteiger partial charge in [0.05, 0.1) is 15.7 Å². The lowest BCUT2D eigenvalue weighted by molar-refractivity contribution is 0.669. The molecule has 202 valence electrons. The summed E-state index contributed by atoms with van der Waals surface area (Å²) >= 11 is 1.80. The molecule has 4 heteroatoms. The van der Waals surface area contributed by atoms with Crippen LogP contribution in [0.15, 0.2) is 150 Å². The molecule has 0 radical (unpaired) electrons. The third-order valence-corrected chi connectivity index (χ3v) is 9.33. The molecule has 0 aliphatic heterocycles. The number of fused-ring (bicyclic) bond motifs is 7. The summed E-state index contributed by atoms with van der Waals surface area (Å²) in [6.45, 7) is 0. The Hall–Kier alpha value is -5.45. The van der Waals surface area contributed by atoms with Gasteiger partial charge in [0.15, 0.2) is 0 Å². The van der Waals surface area contributed by atoms with Crippen molar-refractivity contribution in [1.82, 2.24) is 4.98 Å². The molecule has 0 aliphatic carbocycles. The SMILES string of the molecule is c1ccc(-c2ccc(N(c3ccc4c(c3)sc3cc5ccccc5nc34)c3ccc4oc5ccccc5c4c3)cc2)cc1. The quantitative estimate of drug-likeness (QED) is 0.211. The molecule has 0 saturated carbocycles. The monoisotopic (exact) mass is 568 g/mol. The number of aromatic nitrogens is 1. The Morgan fingerprint density at radius 1 is 0.488 bits per heavy atom. The van der Waals surface area contributed by atoms with E-state index >= 15 is 0 Å². The first kappa shape index (κ1) is 24.2. The van der Waals surface area contributed by atoms with E-state index in [2.05, 4.69) is 138 Å². The molecule has 43 heavy (non-hydrogen) atoms. The highest BCUT2D eigenvalue weighted by Crippen LogP contribution is 2.42. The fourth-order valence-corrected chi connectivity index (χ4v) is 7.28. The van der Waals surface area contributed by atoms with Crippen LogP contribution in [0.1, 0.15) is 0 Å². The van der Waals surface area contributed by atoms with Gasteiger partial charge in [-0.1, -0.05) is 78.9 Å². The van der Waals surface area contributed by atoms with E-state index in [1.807, 2.05) is 12.1 Å². The van der Waals surface area contributed by atoms with E-state index in [4.69, 9.17) is 9.40 Å². The Morgan fingerprint density at radius 2 is 1.19 bits per heavy atom. The maximum Gasteiger partial charge on any atom is 0.135 e. The first-order valence-electron chi connectivity index (χ1n) is 14.4. The van der Waals surface area contributed by atoms with Gasteiger partial charge < -0.3 is 9.32 Å². The Balaban J connectivity index is 1.23. The van der Waals surface area contributed by atoms with E-state index in [-0.39, 0.29) is 0 Å². The number of para-hydroxylation sites is 2. The molecule has 0 N–H and O–H groups in total. The maximum atomic E-state index is 6.16. The van der Waals surface area contributed by atoms with E-state index in [0.717, 1.165) is 50.0 Å². The fraction of sp³-hybridized carbons (Fsp3) is 0. The number of pyridine rings is 1. The summed E-state index contributed by atoms with van der Waals surface area (Å²) in [5.74, 6) is 0. The first-order chi connectivity index (χ1) is 21.3. The highest BCUT2D eigenvalue weighted by Gasteiger charge is 2.18. The number of benzene rings is 6. The highest BCUT2D eigenvalue weighted by molar-refractivity contribution is 7.25. The Bertz CT molecular complexity index is 2460. The second kappa shape index (κ2) is 9.55. The van der Waals surface area contributed by atoms with Crippen LogP contribution in [0.3, 0.4) is 0 Å². The third kappa shape index (κ3) is 3.99. The molecule has 0 atom stereocenters. The minimum absolute atomic E-state index is 0.891. The zero-order chi connectivity index (χ0) is 28.3. The van der Waals surface area contributed by atoms with E-state index in [1.54, 1.807) is 11.3 Å². The van der Waals surface area contributed by atoms with Gasteiger partial charge in [-0.25, -0.2) is 4.98 Å². The number of nitrogens with zero attached hydrogens (tertiary/aromatic N) is 2. The molecule has 0 amide bonds. The van der Waals surface area contributed by atoms with E-state index in [0.29, 0.717) is 0 Å². The van der Waals surface area contributed by atoms with Crippen molar-refractivity contribution < 1.29 is 4.42 Å². The van der Waals surface area contributed by atoms with Crippen LogP contribution in [0.25, 0.3) is 64.3 Å². The zero-order valence-corrected chi connectivity index (χ0v) is 23.9. The summed E-state index contributed by atoms with van der Waals surface area (Å²) in [6.07, 6.45) is 0. The topological polar surface area (TPSA) is 29.3 Å². The van der Waals surface area contributed by atoms with Gasteiger partial charge >= 0.3 is 0 Å². The standard InChI is InChI=1S/C39H24N2OS/c1-2-8-25(9-3-1)26-14-16-28(17-15-26)41(29-19-21-36-33(23-29)31-11-5-7-13-35(31)42-36)30-18-20-32-37(24-30)43-38-22-27-10-4-6-12-34(27)40-39(32)38/h1-24H. The number of hydrogen-bond acceptors (Lipinski definition) is 4. The lowest BCUT2D eigenvalue weighted by Gasteiger charge is -2.26. The lowest BCUT2D eigenvalue weighted by atomic mass is 10.0. The number of thiophene rings is 1. The number of hydrogen-bond donors (Lipinski definition) is 0. The van der Waals surface area contributed by atoms with Crippen LogP contribution in [0.2, 0.25) is 0 Å². The maximum absolute atomic E-state index is 6.16. The minimum atomic E-state index is 0.891. The predicted octanol–water partition coefficient (Wildman–Crippen LogP) is 11.6. The summed E-state index contributed by atoms with van der Waals surface area (Å²) in [5.41, 5.74) is 9.56. The Labute approximate surface area is 251 Å². The fourth-order valence-electron chi connectivity index (χ4n) is 6.15. The van der Waals surface area contributed by atoms with Gasteiger partial charge in [-0.2, -0.15) is 0 Å².